The van der Waals surface area contributed by atoms with Crippen LogP contribution < -0.4 is 15.4 Å². The summed E-state index contributed by atoms with van der Waals surface area (Å²) in [5.41, 5.74) is 2.79. The largest absolute Gasteiger partial charge is 0.493 e. The van der Waals surface area contributed by atoms with Gasteiger partial charge < -0.3 is 20.5 Å². The maximum absolute atomic E-state index is 11.4. The molecule has 144 valence electrons. The van der Waals surface area contributed by atoms with Crippen LogP contribution in [0.25, 0.3) is 0 Å². The third-order valence-electron chi connectivity index (χ3n) is 4.66. The Morgan fingerprint density at radius 3 is 3.07 bits per heavy atom. The average Bonchev–Trinajstić information content (AvgIpc) is 3.10. The van der Waals surface area contributed by atoms with Gasteiger partial charge in [0.25, 0.3) is 0 Å². The number of nitrogens with zero attached hydrogens (tertiary/aromatic N) is 2. The second kappa shape index (κ2) is 7.85. The molecule has 0 unspecified atom stereocenters. The number of anilines is 3. The van der Waals surface area contributed by atoms with E-state index < -0.39 is 5.97 Å². The Kier molecular flexibility index (Phi) is 5.12. The molecule has 7 nitrogen and oxygen atoms in total. The molecule has 4 rings (SSSR count). The minimum Gasteiger partial charge on any atom is -0.493 e. The molecule has 0 saturated carbocycles. The van der Waals surface area contributed by atoms with E-state index >= 15 is 0 Å². The topological polar surface area (TPSA) is 96.4 Å². The summed E-state index contributed by atoms with van der Waals surface area (Å²) in [6, 6.07) is 7.56. The van der Waals surface area contributed by atoms with Gasteiger partial charge in [-0.1, -0.05) is 6.07 Å². The number of aromatic nitrogens is 2. The Morgan fingerprint density at radius 1 is 1.39 bits per heavy atom. The van der Waals surface area contributed by atoms with E-state index in [0.717, 1.165) is 34.2 Å². The van der Waals surface area contributed by atoms with Crippen molar-refractivity contribution in [2.75, 3.05) is 23.8 Å². The fourth-order valence-electron chi connectivity index (χ4n) is 3.28. The summed E-state index contributed by atoms with van der Waals surface area (Å²) in [6.45, 7) is 3.21. The number of thiazole rings is 1. The summed E-state index contributed by atoms with van der Waals surface area (Å²) in [7, 11) is 0. The summed E-state index contributed by atoms with van der Waals surface area (Å²) in [4.78, 5) is 19.8. The Morgan fingerprint density at radius 2 is 2.29 bits per heavy atom. The number of ether oxygens (including phenoxy) is 1. The van der Waals surface area contributed by atoms with Crippen molar-refractivity contribution in [3.05, 3.63) is 58.2 Å². The molecule has 0 aliphatic carbocycles. The van der Waals surface area contributed by atoms with E-state index in [1.807, 2.05) is 24.4 Å². The molecular weight excluding hydrogens is 376 g/mol. The Bertz CT molecular complexity index is 1000. The van der Waals surface area contributed by atoms with Gasteiger partial charge in [0.2, 0.25) is 0 Å². The van der Waals surface area contributed by atoms with Gasteiger partial charge in [0.05, 0.1) is 29.1 Å². The minimum atomic E-state index is -0.967. The molecule has 3 heterocycles. The van der Waals surface area contributed by atoms with Gasteiger partial charge in [0.15, 0.2) is 0 Å². The van der Waals surface area contributed by atoms with Gasteiger partial charge >= 0.3 is 5.97 Å². The normalized spacial score (nSPS) is 15.4. The average molecular weight is 396 g/mol. The molecule has 1 aliphatic heterocycles. The highest BCUT2D eigenvalue weighted by Crippen LogP contribution is 2.36. The number of carboxylic acid groups (broad SMARTS) is 1. The lowest BCUT2D eigenvalue weighted by Gasteiger charge is -2.27. The number of benzene rings is 1. The Balaban J connectivity index is 1.49. The highest BCUT2D eigenvalue weighted by molar-refractivity contribution is 7.09. The van der Waals surface area contributed by atoms with E-state index in [1.54, 1.807) is 17.5 Å². The van der Waals surface area contributed by atoms with Crippen LogP contribution in [-0.2, 0) is 0 Å². The molecule has 0 radical (unpaired) electrons. The van der Waals surface area contributed by atoms with Crippen molar-refractivity contribution in [1.82, 2.24) is 9.97 Å². The number of aryl methyl sites for hydroxylation is 1. The number of aromatic carboxylic acids is 1. The van der Waals surface area contributed by atoms with Crippen molar-refractivity contribution in [3.63, 3.8) is 0 Å². The number of hydrogen-bond donors (Lipinski definition) is 3. The molecular formula is C20H20N4O3S. The lowest BCUT2D eigenvalue weighted by Crippen LogP contribution is -2.21. The second-order valence-electron chi connectivity index (χ2n) is 6.57. The van der Waals surface area contributed by atoms with Gasteiger partial charge in [-0.25, -0.2) is 9.78 Å². The molecule has 3 aromatic rings. The van der Waals surface area contributed by atoms with Crippen molar-refractivity contribution in [2.45, 2.75) is 19.3 Å². The predicted molar refractivity (Wildman–Crippen MR) is 109 cm³/mol. The van der Waals surface area contributed by atoms with Crippen LogP contribution in [0.15, 0.2) is 42.0 Å². The highest BCUT2D eigenvalue weighted by atomic mass is 32.1. The van der Waals surface area contributed by atoms with E-state index in [0.29, 0.717) is 18.8 Å². The number of nitrogens with one attached hydrogen (secondary N) is 2. The first kappa shape index (κ1) is 18.2. The fraction of sp³-hybridized carbons (Fsp3) is 0.250. The number of rotatable bonds is 6. The second-order valence-corrected chi connectivity index (χ2v) is 7.63. The zero-order valence-corrected chi connectivity index (χ0v) is 16.1. The Hall–Kier alpha value is -3.13. The molecule has 0 bridgehead atoms. The Labute approximate surface area is 166 Å². The van der Waals surface area contributed by atoms with Crippen molar-refractivity contribution in [1.29, 1.82) is 0 Å². The molecule has 1 aromatic carbocycles. The van der Waals surface area contributed by atoms with Crippen LogP contribution in [0.3, 0.4) is 0 Å². The van der Waals surface area contributed by atoms with Crippen LogP contribution in [0.5, 0.6) is 5.75 Å². The summed E-state index contributed by atoms with van der Waals surface area (Å²) in [6.07, 6.45) is 3.89. The summed E-state index contributed by atoms with van der Waals surface area (Å²) < 4.78 is 5.86. The summed E-state index contributed by atoms with van der Waals surface area (Å²) in [5.74, 6) is 0.931. The van der Waals surface area contributed by atoms with E-state index in [2.05, 4.69) is 26.7 Å². The quantitative estimate of drug-likeness (QED) is 0.573. The van der Waals surface area contributed by atoms with Crippen molar-refractivity contribution in [3.8, 4) is 5.75 Å². The van der Waals surface area contributed by atoms with E-state index in [-0.39, 0.29) is 11.5 Å². The maximum atomic E-state index is 11.4. The zero-order valence-electron chi connectivity index (χ0n) is 15.3. The minimum absolute atomic E-state index is 0.223. The standard InChI is InChI=1S/C20H20N4O3S/c1-12-23-19(11-28-12)24-14-2-3-15-13(5-7-27-18(15)8-14)9-22-17-10-21-6-4-16(17)20(25)26/h2-4,6,8,10-11,13,22,24H,5,7,9H2,1H3,(H,25,26)/t13-/m0/s1. The monoisotopic (exact) mass is 396 g/mol. The van der Waals surface area contributed by atoms with Crippen LogP contribution in [0.4, 0.5) is 17.2 Å². The third kappa shape index (κ3) is 3.91. The van der Waals surface area contributed by atoms with Crippen molar-refractivity contribution < 1.29 is 14.6 Å². The van der Waals surface area contributed by atoms with Crippen LogP contribution >= 0.6 is 11.3 Å². The predicted octanol–water partition coefficient (Wildman–Crippen LogP) is 4.27. The SMILES string of the molecule is Cc1nc(Nc2ccc3c(c2)OCC[C@H]3CNc2cnccc2C(=O)O)cs1. The molecule has 3 N–H and O–H groups in total. The number of fused-ring (bicyclic) bond motifs is 1. The smallest absolute Gasteiger partial charge is 0.337 e. The molecule has 1 aliphatic rings. The van der Waals surface area contributed by atoms with Crippen molar-refractivity contribution in [2.24, 2.45) is 0 Å². The van der Waals surface area contributed by atoms with Gasteiger partial charge in [-0.3, -0.25) is 4.98 Å². The molecule has 2 aromatic heterocycles. The number of carbonyl (C=O) groups is 1. The summed E-state index contributed by atoms with van der Waals surface area (Å²) in [5, 5.41) is 18.8. The van der Waals surface area contributed by atoms with E-state index in [4.69, 9.17) is 4.74 Å². The van der Waals surface area contributed by atoms with Gasteiger partial charge in [-0.15, -0.1) is 11.3 Å². The van der Waals surface area contributed by atoms with Crippen LogP contribution in [-0.4, -0.2) is 34.2 Å². The molecule has 0 amide bonds. The molecule has 0 fully saturated rings. The van der Waals surface area contributed by atoms with Gasteiger partial charge in [0, 0.05) is 35.8 Å². The number of hydrogen-bond acceptors (Lipinski definition) is 7. The molecule has 28 heavy (non-hydrogen) atoms. The first-order chi connectivity index (χ1) is 13.6. The third-order valence-corrected chi connectivity index (χ3v) is 5.43. The van der Waals surface area contributed by atoms with Crippen LogP contribution in [0, 0.1) is 6.92 Å². The lowest BCUT2D eigenvalue weighted by molar-refractivity contribution is 0.0697. The molecule has 8 heteroatoms. The van der Waals surface area contributed by atoms with E-state index in [1.165, 1.54) is 12.3 Å². The molecule has 0 saturated heterocycles. The zero-order chi connectivity index (χ0) is 19.5. The highest BCUT2D eigenvalue weighted by Gasteiger charge is 2.22. The summed E-state index contributed by atoms with van der Waals surface area (Å²) >= 11 is 1.60. The fourth-order valence-corrected chi connectivity index (χ4v) is 3.82. The van der Waals surface area contributed by atoms with Crippen LogP contribution in [0.1, 0.15) is 33.3 Å². The molecule has 0 spiro atoms. The van der Waals surface area contributed by atoms with Gasteiger partial charge in [-0.05, 0) is 31.0 Å². The van der Waals surface area contributed by atoms with Gasteiger partial charge in [0.1, 0.15) is 11.6 Å². The first-order valence-corrected chi connectivity index (χ1v) is 9.85. The lowest BCUT2D eigenvalue weighted by atomic mass is 9.92. The molecule has 1 atom stereocenters. The van der Waals surface area contributed by atoms with Crippen molar-refractivity contribution >= 4 is 34.5 Å². The van der Waals surface area contributed by atoms with Gasteiger partial charge in [-0.2, -0.15) is 0 Å². The number of carboxylic acids is 1. The maximum Gasteiger partial charge on any atom is 0.337 e. The van der Waals surface area contributed by atoms with Crippen LogP contribution in [0.2, 0.25) is 0 Å². The number of pyridine rings is 1. The van der Waals surface area contributed by atoms with E-state index in [9.17, 15) is 9.90 Å². The first-order valence-electron chi connectivity index (χ1n) is 8.97.